The number of benzene rings is 2. The first-order valence-electron chi connectivity index (χ1n) is 15.2. The van der Waals surface area contributed by atoms with Crippen molar-refractivity contribution in [3.63, 3.8) is 0 Å². The van der Waals surface area contributed by atoms with Gasteiger partial charge in [-0.15, -0.1) is 0 Å². The summed E-state index contributed by atoms with van der Waals surface area (Å²) in [6, 6.07) is 12.7. The molecule has 0 saturated carbocycles. The van der Waals surface area contributed by atoms with Gasteiger partial charge in [0.15, 0.2) is 0 Å². The van der Waals surface area contributed by atoms with Crippen molar-refractivity contribution in [1.82, 2.24) is 20.2 Å². The fraction of sp³-hybridized carbons (Fsp3) is 0.471. The second kappa shape index (κ2) is 14.4. The predicted octanol–water partition coefficient (Wildman–Crippen LogP) is 7.02. The normalized spacial score (nSPS) is 17.2. The summed E-state index contributed by atoms with van der Waals surface area (Å²) < 4.78 is 11.3. The van der Waals surface area contributed by atoms with E-state index in [2.05, 4.69) is 16.4 Å². The number of hydrogen-bond donors (Lipinski definition) is 2. The van der Waals surface area contributed by atoms with Crippen LogP contribution in [-0.2, 0) is 33.7 Å². The summed E-state index contributed by atoms with van der Waals surface area (Å²) in [6.45, 7) is 11.8. The Morgan fingerprint density at radius 3 is 2.33 bits per heavy atom. The van der Waals surface area contributed by atoms with Crippen LogP contribution in [0.5, 0.6) is 0 Å². The van der Waals surface area contributed by atoms with Crippen LogP contribution in [0.25, 0.3) is 11.3 Å². The van der Waals surface area contributed by atoms with Gasteiger partial charge >= 0.3 is 12.1 Å². The molecule has 1 aliphatic rings. The molecule has 0 bridgehead atoms. The van der Waals surface area contributed by atoms with Crippen LogP contribution in [0.1, 0.15) is 71.2 Å². The maximum absolute atomic E-state index is 13.2. The van der Waals surface area contributed by atoms with E-state index in [0.29, 0.717) is 66.0 Å². The number of halogens is 2. The smallest absolute Gasteiger partial charge is 0.411 e. The van der Waals surface area contributed by atoms with Gasteiger partial charge < -0.3 is 20.5 Å². The lowest BCUT2D eigenvalue weighted by Crippen LogP contribution is -2.56. The number of nitrogens with two attached hydrogens (primary N) is 1. The van der Waals surface area contributed by atoms with Gasteiger partial charge in [-0.3, -0.25) is 4.90 Å². The number of carbonyl (C=O) groups excluding carboxylic acids is 2. The molecule has 4 rings (SSSR count). The van der Waals surface area contributed by atoms with Crippen LogP contribution in [0.3, 0.4) is 0 Å². The van der Waals surface area contributed by atoms with Gasteiger partial charge in [-0.2, -0.15) is 0 Å². The van der Waals surface area contributed by atoms with Crippen LogP contribution in [0.4, 0.5) is 10.6 Å². The van der Waals surface area contributed by atoms with E-state index >= 15 is 0 Å². The van der Waals surface area contributed by atoms with Gasteiger partial charge in [0.2, 0.25) is 0 Å². The molecule has 1 amide bonds. The van der Waals surface area contributed by atoms with Gasteiger partial charge in [0.05, 0.1) is 17.6 Å². The number of likely N-dealkylation sites (tertiary alicyclic amines) is 1. The Kier molecular flexibility index (Phi) is 11.0. The third kappa shape index (κ3) is 9.79. The van der Waals surface area contributed by atoms with Crippen LogP contribution in [-0.4, -0.2) is 56.8 Å². The van der Waals surface area contributed by atoms with E-state index in [1.165, 1.54) is 4.90 Å². The predicted molar refractivity (Wildman–Crippen MR) is 178 cm³/mol. The molecule has 2 aromatic carbocycles. The number of aryl methyl sites for hydroxylation is 1. The van der Waals surface area contributed by atoms with Crippen molar-refractivity contribution in [1.29, 1.82) is 0 Å². The average Bonchev–Trinajstić information content (AvgIpc) is 2.95. The molecule has 0 aliphatic carbocycles. The molecule has 45 heavy (non-hydrogen) atoms. The van der Waals surface area contributed by atoms with Gasteiger partial charge in [-0.05, 0) is 96.6 Å². The molecule has 3 aromatic rings. The number of amides is 1. The number of aromatic nitrogens is 2. The quantitative estimate of drug-likeness (QED) is 0.249. The lowest BCUT2D eigenvalue weighted by Gasteiger charge is -2.39. The number of nitrogen functional groups attached to an aromatic ring is 1. The van der Waals surface area contributed by atoms with Crippen molar-refractivity contribution in [3.05, 3.63) is 75.5 Å². The van der Waals surface area contributed by atoms with Crippen molar-refractivity contribution in [2.45, 2.75) is 97.1 Å². The summed E-state index contributed by atoms with van der Waals surface area (Å²) in [5, 5.41) is 4.79. The van der Waals surface area contributed by atoms with Gasteiger partial charge in [-0.1, -0.05) is 47.5 Å². The van der Waals surface area contributed by atoms with Crippen LogP contribution >= 0.6 is 23.2 Å². The Hall–Kier alpha value is -3.40. The molecule has 1 saturated heterocycles. The highest BCUT2D eigenvalue weighted by Gasteiger charge is 2.40. The van der Waals surface area contributed by atoms with E-state index in [9.17, 15) is 9.59 Å². The molecule has 1 aromatic heterocycles. The lowest BCUT2D eigenvalue weighted by atomic mass is 9.96. The van der Waals surface area contributed by atoms with Crippen molar-refractivity contribution in [3.8, 4) is 11.3 Å². The molecule has 2 heterocycles. The number of piperidine rings is 1. The summed E-state index contributed by atoms with van der Waals surface area (Å²) in [5.41, 5.74) is 9.02. The summed E-state index contributed by atoms with van der Waals surface area (Å²) in [7, 11) is 0. The zero-order valence-corrected chi connectivity index (χ0v) is 28.3. The maximum atomic E-state index is 13.2. The molecule has 2 unspecified atom stereocenters. The number of hydrogen-bond acceptors (Lipinski definition) is 8. The fourth-order valence-corrected chi connectivity index (χ4v) is 5.75. The molecular formula is C34H43Cl2N5O4. The molecule has 242 valence electrons. The average molecular weight is 657 g/mol. The van der Waals surface area contributed by atoms with E-state index < -0.39 is 29.3 Å². The highest BCUT2D eigenvalue weighted by atomic mass is 35.5. The topological polar surface area (TPSA) is 120 Å². The zero-order valence-electron chi connectivity index (χ0n) is 26.8. The molecule has 1 fully saturated rings. The third-order valence-electron chi connectivity index (χ3n) is 7.28. The van der Waals surface area contributed by atoms with Crippen LogP contribution in [0.2, 0.25) is 10.0 Å². The Morgan fingerprint density at radius 1 is 1.00 bits per heavy atom. The van der Waals surface area contributed by atoms with Crippen molar-refractivity contribution in [2.75, 3.05) is 12.3 Å². The van der Waals surface area contributed by atoms with E-state index in [1.54, 1.807) is 6.20 Å². The number of ether oxygens (including phenoxy) is 2. The minimum atomic E-state index is -0.749. The van der Waals surface area contributed by atoms with E-state index in [4.69, 9.17) is 43.4 Å². The molecule has 11 heteroatoms. The first kappa shape index (κ1) is 34.5. The maximum Gasteiger partial charge on any atom is 0.411 e. The number of nitrogens with one attached hydrogen (secondary N) is 1. The Bertz CT molecular complexity index is 1500. The molecule has 2 atom stereocenters. The monoisotopic (exact) mass is 655 g/mol. The first-order chi connectivity index (χ1) is 21.1. The highest BCUT2D eigenvalue weighted by molar-refractivity contribution is 6.36. The summed E-state index contributed by atoms with van der Waals surface area (Å²) in [4.78, 5) is 36.9. The number of nitrogens with zero attached hydrogens (tertiary/aromatic N) is 3. The second-order valence-electron chi connectivity index (χ2n) is 13.3. The molecule has 1 aliphatic heterocycles. The van der Waals surface area contributed by atoms with Crippen molar-refractivity contribution >= 4 is 41.1 Å². The summed E-state index contributed by atoms with van der Waals surface area (Å²) in [6.07, 6.45) is 3.37. The SMILES string of the molecule is CC(C)(C)OC(=O)C1CC(NCc2cccc(-c3cnc(N)c(CCc4c(Cl)cccc4Cl)n3)c2)CCN1C(=O)OC(C)(C)C. The molecule has 3 N–H and O–H groups in total. The number of anilines is 1. The molecule has 0 spiro atoms. The van der Waals surface area contributed by atoms with Gasteiger partial charge in [0.25, 0.3) is 0 Å². The minimum Gasteiger partial charge on any atom is -0.458 e. The fourth-order valence-electron chi connectivity index (χ4n) is 5.16. The third-order valence-corrected chi connectivity index (χ3v) is 7.99. The largest absolute Gasteiger partial charge is 0.458 e. The van der Waals surface area contributed by atoms with Crippen molar-refractivity contribution in [2.24, 2.45) is 0 Å². The lowest BCUT2D eigenvalue weighted by molar-refractivity contribution is -0.162. The Balaban J connectivity index is 1.44. The number of carbonyl (C=O) groups is 2. The summed E-state index contributed by atoms with van der Waals surface area (Å²) in [5.74, 6) is -0.0617. The molecular weight excluding hydrogens is 613 g/mol. The standard InChI is InChI=1S/C34H43Cl2N5O4/c1-33(2,3)44-31(42)29-18-23(15-16-41(29)32(43)45-34(4,5)6)38-19-21-9-7-10-22(17-21)28-20-39-30(37)27(40-28)14-13-24-25(35)11-8-12-26(24)36/h7-12,17,20,23,29,38H,13-16,18-19H2,1-6H3,(H2,37,39). The first-order valence-corrected chi connectivity index (χ1v) is 15.9. The zero-order chi connectivity index (χ0) is 32.9. The van der Waals surface area contributed by atoms with Crippen molar-refractivity contribution < 1.29 is 19.1 Å². The number of rotatable bonds is 8. The molecule has 0 radical (unpaired) electrons. The van der Waals surface area contributed by atoms with Gasteiger partial charge in [-0.25, -0.2) is 19.6 Å². The van der Waals surface area contributed by atoms with E-state index in [0.717, 1.165) is 16.7 Å². The Morgan fingerprint density at radius 2 is 1.67 bits per heavy atom. The highest BCUT2D eigenvalue weighted by Crippen LogP contribution is 2.28. The van der Waals surface area contributed by atoms with E-state index in [1.807, 2.05) is 77.9 Å². The summed E-state index contributed by atoms with van der Waals surface area (Å²) >= 11 is 12.7. The van der Waals surface area contributed by atoms with Crippen LogP contribution in [0.15, 0.2) is 48.7 Å². The van der Waals surface area contributed by atoms with Gasteiger partial charge in [0, 0.05) is 34.7 Å². The van der Waals surface area contributed by atoms with Crippen LogP contribution < -0.4 is 11.1 Å². The second-order valence-corrected chi connectivity index (χ2v) is 14.1. The minimum absolute atomic E-state index is 0.00980. The van der Waals surface area contributed by atoms with Crippen LogP contribution in [0, 0.1) is 0 Å². The molecule has 9 nitrogen and oxygen atoms in total. The number of esters is 1. The van der Waals surface area contributed by atoms with Gasteiger partial charge in [0.1, 0.15) is 23.1 Å². The van der Waals surface area contributed by atoms with E-state index in [-0.39, 0.29) is 6.04 Å². The Labute approximate surface area is 275 Å².